The number of aliphatic carboxylic acids is 1. The van der Waals surface area contributed by atoms with Gasteiger partial charge in [-0.05, 0) is 24.8 Å². The maximum absolute atomic E-state index is 12.0. The van der Waals surface area contributed by atoms with E-state index in [1.54, 1.807) is 6.08 Å². The van der Waals surface area contributed by atoms with Gasteiger partial charge < -0.3 is 5.11 Å². The van der Waals surface area contributed by atoms with Crippen LogP contribution in [0, 0.1) is 23.7 Å². The molecule has 24 heavy (non-hydrogen) atoms. The number of carbonyl (C=O) groups excluding carboxylic acids is 2. The van der Waals surface area contributed by atoms with Crippen LogP contribution >= 0.6 is 0 Å². The van der Waals surface area contributed by atoms with Gasteiger partial charge in [0.1, 0.15) is 5.78 Å². The molecule has 0 saturated heterocycles. The highest BCUT2D eigenvalue weighted by atomic mass is 16.4. The molecule has 0 aromatic heterocycles. The van der Waals surface area contributed by atoms with Crippen LogP contribution in [0.1, 0.15) is 71.1 Å². The molecule has 1 saturated carbocycles. The van der Waals surface area contributed by atoms with Crippen molar-refractivity contribution in [2.45, 2.75) is 71.1 Å². The van der Waals surface area contributed by atoms with Crippen molar-refractivity contribution in [2.75, 3.05) is 0 Å². The summed E-state index contributed by atoms with van der Waals surface area (Å²) in [5.41, 5.74) is 0. The van der Waals surface area contributed by atoms with Crippen molar-refractivity contribution in [1.29, 1.82) is 0 Å². The van der Waals surface area contributed by atoms with E-state index in [0.717, 1.165) is 32.1 Å². The van der Waals surface area contributed by atoms with Gasteiger partial charge in [0.25, 0.3) is 0 Å². The summed E-state index contributed by atoms with van der Waals surface area (Å²) in [6.45, 7) is 2.14. The van der Waals surface area contributed by atoms with Crippen molar-refractivity contribution in [3.8, 4) is 11.8 Å². The molecule has 1 fully saturated rings. The highest BCUT2D eigenvalue weighted by molar-refractivity contribution is 5.90. The quantitative estimate of drug-likeness (QED) is 0.374. The normalized spacial score (nSPS) is 20.1. The first kappa shape index (κ1) is 20.2. The molecule has 0 spiro atoms. The number of Topliss-reactive ketones (excluding diaryl/α,β-unsaturated/α-hetero) is 1. The minimum absolute atomic E-state index is 0.0292. The molecule has 0 aliphatic heterocycles. The second kappa shape index (κ2) is 11.6. The molecule has 4 heteroatoms. The van der Waals surface area contributed by atoms with Gasteiger partial charge in [-0.25, -0.2) is 0 Å². The molecule has 1 N–H and O–H groups in total. The van der Waals surface area contributed by atoms with E-state index in [9.17, 15) is 14.4 Å². The third-order valence-corrected chi connectivity index (χ3v) is 4.37. The number of carboxylic acid groups (broad SMARTS) is 1. The number of carboxylic acids is 1. The molecule has 2 atom stereocenters. The van der Waals surface area contributed by atoms with E-state index >= 15 is 0 Å². The topological polar surface area (TPSA) is 71.4 Å². The molecule has 0 amide bonds. The zero-order valence-electron chi connectivity index (χ0n) is 14.6. The first-order valence-corrected chi connectivity index (χ1v) is 8.95. The van der Waals surface area contributed by atoms with Gasteiger partial charge in [-0.2, -0.15) is 0 Å². The number of ketones is 2. The molecule has 0 aromatic rings. The monoisotopic (exact) mass is 332 g/mol. The SMILES string of the molecule is CCCCCCC(=O)C=CC1CCC(=O)C1CC#CCCC(=O)O. The molecule has 0 heterocycles. The average Bonchev–Trinajstić information content (AvgIpc) is 2.89. The zero-order chi connectivity index (χ0) is 17.8. The predicted octanol–water partition coefficient (Wildman–Crippen LogP) is 3.94. The summed E-state index contributed by atoms with van der Waals surface area (Å²) in [6, 6.07) is 0. The number of hydrogen-bond donors (Lipinski definition) is 1. The molecule has 0 aromatic carbocycles. The highest BCUT2D eigenvalue weighted by Crippen LogP contribution is 2.32. The fraction of sp³-hybridized carbons (Fsp3) is 0.650. The molecule has 0 bridgehead atoms. The molecule has 1 aliphatic carbocycles. The van der Waals surface area contributed by atoms with Crippen LogP contribution in [0.15, 0.2) is 12.2 Å². The maximum atomic E-state index is 12.0. The Labute approximate surface area is 144 Å². The highest BCUT2D eigenvalue weighted by Gasteiger charge is 2.32. The van der Waals surface area contributed by atoms with E-state index in [4.69, 9.17) is 5.11 Å². The van der Waals surface area contributed by atoms with E-state index in [0.29, 0.717) is 25.7 Å². The van der Waals surface area contributed by atoms with E-state index in [2.05, 4.69) is 18.8 Å². The summed E-state index contributed by atoms with van der Waals surface area (Å²) in [5.74, 6) is 5.16. The third-order valence-electron chi connectivity index (χ3n) is 4.37. The van der Waals surface area contributed by atoms with Gasteiger partial charge in [0.15, 0.2) is 5.78 Å². The Balaban J connectivity index is 2.42. The number of unbranched alkanes of at least 4 members (excludes halogenated alkanes) is 3. The van der Waals surface area contributed by atoms with Crippen LogP contribution in [0.2, 0.25) is 0 Å². The summed E-state index contributed by atoms with van der Waals surface area (Å²) in [5, 5.41) is 8.56. The first-order chi connectivity index (χ1) is 11.5. The van der Waals surface area contributed by atoms with Crippen LogP contribution in [0.5, 0.6) is 0 Å². The summed E-state index contributed by atoms with van der Waals surface area (Å²) >= 11 is 0. The van der Waals surface area contributed by atoms with Crippen LogP contribution in [0.25, 0.3) is 0 Å². The van der Waals surface area contributed by atoms with Crippen molar-refractivity contribution >= 4 is 17.5 Å². The van der Waals surface area contributed by atoms with E-state index < -0.39 is 5.97 Å². The van der Waals surface area contributed by atoms with Gasteiger partial charge in [0.2, 0.25) is 0 Å². The zero-order valence-corrected chi connectivity index (χ0v) is 14.6. The Bertz CT molecular complexity index is 521. The second-order valence-corrected chi connectivity index (χ2v) is 6.36. The van der Waals surface area contributed by atoms with Crippen LogP contribution in [0.4, 0.5) is 0 Å². The molecule has 4 nitrogen and oxygen atoms in total. The van der Waals surface area contributed by atoms with Crippen molar-refractivity contribution in [1.82, 2.24) is 0 Å². The standard InChI is InChI=1S/C20H28O4/c1-2-3-4-6-9-17(21)14-12-16-13-15-19(22)18(16)10-7-5-8-11-20(23)24/h12,14,16,18H,2-4,6,8-11,13,15H2,1H3,(H,23,24). The maximum Gasteiger partial charge on any atom is 0.304 e. The van der Waals surface area contributed by atoms with Gasteiger partial charge in [0.05, 0.1) is 6.42 Å². The molecular weight excluding hydrogens is 304 g/mol. The molecular formula is C20H28O4. The number of carbonyl (C=O) groups is 3. The lowest BCUT2D eigenvalue weighted by molar-refractivity contribution is -0.136. The van der Waals surface area contributed by atoms with Crippen molar-refractivity contribution < 1.29 is 19.5 Å². The van der Waals surface area contributed by atoms with Gasteiger partial charge in [-0.15, -0.1) is 11.8 Å². The summed E-state index contributed by atoms with van der Waals surface area (Å²) in [4.78, 5) is 34.2. The van der Waals surface area contributed by atoms with E-state index in [-0.39, 0.29) is 29.8 Å². The lowest BCUT2D eigenvalue weighted by Gasteiger charge is -2.11. The lowest BCUT2D eigenvalue weighted by Crippen LogP contribution is -2.12. The minimum Gasteiger partial charge on any atom is -0.481 e. The predicted molar refractivity (Wildman–Crippen MR) is 93.4 cm³/mol. The van der Waals surface area contributed by atoms with Crippen molar-refractivity contribution in [2.24, 2.45) is 11.8 Å². The molecule has 0 radical (unpaired) electrons. The Morgan fingerprint density at radius 3 is 2.71 bits per heavy atom. The van der Waals surface area contributed by atoms with Crippen molar-refractivity contribution in [3.05, 3.63) is 12.2 Å². The Hall–Kier alpha value is -1.89. The fourth-order valence-electron chi connectivity index (χ4n) is 2.91. The minimum atomic E-state index is -0.862. The fourth-order valence-corrected chi connectivity index (χ4v) is 2.91. The molecule has 1 aliphatic rings. The Kier molecular flexibility index (Phi) is 9.76. The van der Waals surface area contributed by atoms with Crippen molar-refractivity contribution in [3.63, 3.8) is 0 Å². The third kappa shape index (κ3) is 8.10. The smallest absolute Gasteiger partial charge is 0.304 e. The average molecular weight is 332 g/mol. The Morgan fingerprint density at radius 1 is 1.21 bits per heavy atom. The van der Waals surface area contributed by atoms with Crippen LogP contribution in [-0.4, -0.2) is 22.6 Å². The summed E-state index contributed by atoms with van der Waals surface area (Å²) in [7, 11) is 0. The van der Waals surface area contributed by atoms with E-state index in [1.165, 1.54) is 0 Å². The first-order valence-electron chi connectivity index (χ1n) is 8.95. The number of allylic oxidation sites excluding steroid dienone is 2. The largest absolute Gasteiger partial charge is 0.481 e. The number of hydrogen-bond acceptors (Lipinski definition) is 3. The van der Waals surface area contributed by atoms with Crippen LogP contribution < -0.4 is 0 Å². The van der Waals surface area contributed by atoms with Gasteiger partial charge in [-0.3, -0.25) is 14.4 Å². The summed E-state index contributed by atoms with van der Waals surface area (Å²) < 4.78 is 0. The lowest BCUT2D eigenvalue weighted by atomic mass is 9.91. The summed E-state index contributed by atoms with van der Waals surface area (Å²) in [6.07, 6.45) is 10.6. The van der Waals surface area contributed by atoms with Gasteiger partial charge in [-0.1, -0.05) is 32.3 Å². The van der Waals surface area contributed by atoms with E-state index in [1.807, 2.05) is 6.08 Å². The van der Waals surface area contributed by atoms with Gasteiger partial charge in [0, 0.05) is 31.6 Å². The Morgan fingerprint density at radius 2 is 2.00 bits per heavy atom. The van der Waals surface area contributed by atoms with Crippen LogP contribution in [0.3, 0.4) is 0 Å². The molecule has 2 unspecified atom stereocenters. The molecule has 1 rings (SSSR count). The second-order valence-electron chi connectivity index (χ2n) is 6.36. The van der Waals surface area contributed by atoms with Gasteiger partial charge >= 0.3 is 5.97 Å². The molecule has 132 valence electrons. The van der Waals surface area contributed by atoms with Crippen LogP contribution in [-0.2, 0) is 14.4 Å². The number of rotatable bonds is 10.